The molecule has 0 radical (unpaired) electrons. The molecule has 2 saturated heterocycles. The van der Waals surface area contributed by atoms with Gasteiger partial charge in [0.25, 0.3) is 5.91 Å². The van der Waals surface area contributed by atoms with E-state index in [4.69, 9.17) is 4.74 Å². The second-order valence-corrected chi connectivity index (χ2v) is 5.95. The maximum atomic E-state index is 12.5. The van der Waals surface area contributed by atoms with Gasteiger partial charge in [-0.05, 0) is 18.9 Å². The molecule has 0 aliphatic carbocycles. The van der Waals surface area contributed by atoms with Crippen molar-refractivity contribution in [1.82, 2.24) is 14.8 Å². The van der Waals surface area contributed by atoms with E-state index in [1.165, 1.54) is 18.3 Å². The molecule has 0 atom stereocenters. The van der Waals surface area contributed by atoms with Gasteiger partial charge in [0.15, 0.2) is 0 Å². The number of nitrogens with one attached hydrogen (secondary N) is 1. The van der Waals surface area contributed by atoms with Crippen LogP contribution in [0.1, 0.15) is 23.2 Å². The summed E-state index contributed by atoms with van der Waals surface area (Å²) in [5.74, 6) is 0.0793. The standard InChI is InChI=1S/C16H21N3O4/c20-14-2-1-13(11-17-14)16(22)18-5-3-12(4-6-18)15(21)19-7-9-23-10-8-19/h1-2,11-12H,3-10H2,(H,17,20). The minimum Gasteiger partial charge on any atom is -0.378 e. The Hall–Kier alpha value is -2.15. The highest BCUT2D eigenvalue weighted by Crippen LogP contribution is 2.21. The number of nitrogens with zero attached hydrogens (tertiary/aromatic N) is 2. The van der Waals surface area contributed by atoms with Gasteiger partial charge in [-0.2, -0.15) is 0 Å². The fourth-order valence-corrected chi connectivity index (χ4v) is 3.10. The number of likely N-dealkylation sites (tertiary alicyclic amines) is 1. The van der Waals surface area contributed by atoms with Gasteiger partial charge < -0.3 is 19.5 Å². The number of ether oxygens (including phenoxy) is 1. The Bertz CT molecular complexity index is 608. The van der Waals surface area contributed by atoms with Crippen LogP contribution in [0.15, 0.2) is 23.1 Å². The van der Waals surface area contributed by atoms with Crippen molar-refractivity contribution in [3.63, 3.8) is 0 Å². The second-order valence-electron chi connectivity index (χ2n) is 5.95. The Kier molecular flexibility index (Phi) is 4.76. The second kappa shape index (κ2) is 6.95. The smallest absolute Gasteiger partial charge is 0.255 e. The van der Waals surface area contributed by atoms with Crippen molar-refractivity contribution in [3.8, 4) is 0 Å². The van der Waals surface area contributed by atoms with Gasteiger partial charge in [-0.1, -0.05) is 0 Å². The molecule has 2 aliphatic rings. The van der Waals surface area contributed by atoms with E-state index in [1.807, 2.05) is 4.90 Å². The number of aromatic amines is 1. The summed E-state index contributed by atoms with van der Waals surface area (Å²) in [5, 5.41) is 0. The Morgan fingerprint density at radius 3 is 2.35 bits per heavy atom. The number of piperidine rings is 1. The first-order valence-corrected chi connectivity index (χ1v) is 8.00. The van der Waals surface area contributed by atoms with Crippen LogP contribution in [0.25, 0.3) is 0 Å². The molecule has 0 saturated carbocycles. The lowest BCUT2D eigenvalue weighted by Crippen LogP contribution is -2.47. The molecule has 3 heterocycles. The molecular formula is C16H21N3O4. The van der Waals surface area contributed by atoms with Crippen LogP contribution in [0.5, 0.6) is 0 Å². The highest BCUT2D eigenvalue weighted by atomic mass is 16.5. The van der Waals surface area contributed by atoms with E-state index in [1.54, 1.807) is 4.90 Å². The molecule has 2 aliphatic heterocycles. The molecule has 7 nitrogen and oxygen atoms in total. The summed E-state index contributed by atoms with van der Waals surface area (Å²) in [7, 11) is 0. The molecule has 2 fully saturated rings. The molecule has 23 heavy (non-hydrogen) atoms. The minimum absolute atomic E-state index is 0.00673. The molecule has 0 unspecified atom stereocenters. The molecule has 0 spiro atoms. The van der Waals surface area contributed by atoms with Crippen LogP contribution >= 0.6 is 0 Å². The van der Waals surface area contributed by atoms with Crippen LogP contribution in [-0.4, -0.2) is 66.0 Å². The summed E-state index contributed by atoms with van der Waals surface area (Å²) in [5.41, 5.74) is 0.249. The number of H-pyrrole nitrogens is 1. The molecule has 0 aromatic carbocycles. The van der Waals surface area contributed by atoms with Crippen molar-refractivity contribution in [1.29, 1.82) is 0 Å². The lowest BCUT2D eigenvalue weighted by Gasteiger charge is -2.35. The number of aromatic nitrogens is 1. The number of hydrogen-bond acceptors (Lipinski definition) is 4. The predicted molar refractivity (Wildman–Crippen MR) is 83.1 cm³/mol. The first kappa shape index (κ1) is 15.7. The zero-order chi connectivity index (χ0) is 16.2. The fraction of sp³-hybridized carbons (Fsp3) is 0.562. The van der Waals surface area contributed by atoms with Gasteiger partial charge >= 0.3 is 0 Å². The maximum absolute atomic E-state index is 12.5. The molecule has 7 heteroatoms. The van der Waals surface area contributed by atoms with Crippen LogP contribution in [-0.2, 0) is 9.53 Å². The maximum Gasteiger partial charge on any atom is 0.255 e. The summed E-state index contributed by atoms with van der Waals surface area (Å²) in [4.78, 5) is 42.0. The van der Waals surface area contributed by atoms with E-state index in [0.29, 0.717) is 57.8 Å². The minimum atomic E-state index is -0.226. The van der Waals surface area contributed by atoms with E-state index in [9.17, 15) is 14.4 Å². The molecule has 1 aromatic rings. The van der Waals surface area contributed by atoms with Crippen LogP contribution in [0.2, 0.25) is 0 Å². The summed E-state index contributed by atoms with van der Waals surface area (Å²) >= 11 is 0. The average Bonchev–Trinajstić information content (AvgIpc) is 2.62. The van der Waals surface area contributed by atoms with E-state index in [-0.39, 0.29) is 23.3 Å². The normalized spacial score (nSPS) is 19.7. The highest BCUT2D eigenvalue weighted by molar-refractivity contribution is 5.94. The topological polar surface area (TPSA) is 82.7 Å². The average molecular weight is 319 g/mol. The van der Waals surface area contributed by atoms with Gasteiger partial charge in [0.05, 0.1) is 18.8 Å². The van der Waals surface area contributed by atoms with Gasteiger partial charge in [0.2, 0.25) is 11.5 Å². The molecule has 124 valence electrons. The zero-order valence-corrected chi connectivity index (χ0v) is 13.0. The number of carbonyl (C=O) groups excluding carboxylic acids is 2. The third kappa shape index (κ3) is 3.61. The van der Waals surface area contributed by atoms with Gasteiger partial charge in [-0.25, -0.2) is 0 Å². The molecule has 3 rings (SSSR count). The molecule has 1 N–H and O–H groups in total. The van der Waals surface area contributed by atoms with Crippen molar-refractivity contribution < 1.29 is 14.3 Å². The first-order valence-electron chi connectivity index (χ1n) is 8.00. The fourth-order valence-electron chi connectivity index (χ4n) is 3.10. The quantitative estimate of drug-likeness (QED) is 0.837. The Morgan fingerprint density at radius 1 is 1.04 bits per heavy atom. The zero-order valence-electron chi connectivity index (χ0n) is 13.0. The molecule has 2 amide bonds. The van der Waals surface area contributed by atoms with Crippen LogP contribution in [0.4, 0.5) is 0 Å². The van der Waals surface area contributed by atoms with Crippen molar-refractivity contribution in [2.75, 3.05) is 39.4 Å². The Labute approximate surface area is 134 Å². The van der Waals surface area contributed by atoms with Crippen molar-refractivity contribution in [2.45, 2.75) is 12.8 Å². The number of hydrogen-bond donors (Lipinski definition) is 1. The third-order valence-corrected chi connectivity index (χ3v) is 4.49. The largest absolute Gasteiger partial charge is 0.378 e. The summed E-state index contributed by atoms with van der Waals surface area (Å²) in [6, 6.07) is 2.88. The highest BCUT2D eigenvalue weighted by Gasteiger charge is 2.31. The van der Waals surface area contributed by atoms with Crippen molar-refractivity contribution >= 4 is 11.8 Å². The Morgan fingerprint density at radius 2 is 1.74 bits per heavy atom. The van der Waals surface area contributed by atoms with Gasteiger partial charge in [0.1, 0.15) is 0 Å². The van der Waals surface area contributed by atoms with E-state index < -0.39 is 0 Å². The van der Waals surface area contributed by atoms with Gasteiger partial charge in [0, 0.05) is 44.4 Å². The van der Waals surface area contributed by atoms with Gasteiger partial charge in [-0.3, -0.25) is 14.4 Å². The number of carbonyl (C=O) groups is 2. The molecule has 1 aromatic heterocycles. The lowest BCUT2D eigenvalue weighted by molar-refractivity contribution is -0.141. The number of pyridine rings is 1. The van der Waals surface area contributed by atoms with Crippen LogP contribution in [0, 0.1) is 5.92 Å². The molecular weight excluding hydrogens is 298 g/mol. The number of rotatable bonds is 2. The summed E-state index contributed by atoms with van der Waals surface area (Å²) < 4.78 is 5.27. The Balaban J connectivity index is 1.55. The van der Waals surface area contributed by atoms with E-state index in [0.717, 1.165) is 0 Å². The van der Waals surface area contributed by atoms with Crippen molar-refractivity contribution in [2.24, 2.45) is 5.92 Å². The van der Waals surface area contributed by atoms with E-state index in [2.05, 4.69) is 4.98 Å². The van der Waals surface area contributed by atoms with Crippen LogP contribution < -0.4 is 5.56 Å². The summed E-state index contributed by atoms with van der Waals surface area (Å²) in [6.07, 6.45) is 2.81. The van der Waals surface area contributed by atoms with Crippen molar-refractivity contribution in [3.05, 3.63) is 34.2 Å². The first-order chi connectivity index (χ1) is 11.1. The third-order valence-electron chi connectivity index (χ3n) is 4.49. The number of morpholine rings is 1. The van der Waals surface area contributed by atoms with Gasteiger partial charge in [-0.15, -0.1) is 0 Å². The molecule has 0 bridgehead atoms. The monoisotopic (exact) mass is 319 g/mol. The van der Waals surface area contributed by atoms with E-state index >= 15 is 0 Å². The van der Waals surface area contributed by atoms with Crippen LogP contribution in [0.3, 0.4) is 0 Å². The summed E-state index contributed by atoms with van der Waals surface area (Å²) in [6.45, 7) is 3.67. The number of amides is 2. The SMILES string of the molecule is O=C(c1ccc(=O)[nH]c1)N1CCC(C(=O)N2CCOCC2)CC1. The lowest BCUT2D eigenvalue weighted by atomic mass is 9.94. The predicted octanol–water partition coefficient (Wildman–Crippen LogP) is 0.0859.